The van der Waals surface area contributed by atoms with Crippen molar-refractivity contribution in [2.75, 3.05) is 12.4 Å². The third-order valence-corrected chi connectivity index (χ3v) is 6.55. The first-order valence-corrected chi connectivity index (χ1v) is 11.9. The number of hydrogen-bond donors (Lipinski definition) is 0. The minimum atomic E-state index is -0.0790. The van der Waals surface area contributed by atoms with Crippen molar-refractivity contribution in [2.24, 2.45) is 0 Å². The normalized spacial score (nSPS) is 11.3. The third kappa shape index (κ3) is 4.34. The Morgan fingerprint density at radius 3 is 2.55 bits per heavy atom. The van der Waals surface area contributed by atoms with E-state index in [0.717, 1.165) is 11.1 Å². The van der Waals surface area contributed by atoms with Gasteiger partial charge in [-0.15, -0.1) is 10.2 Å². The van der Waals surface area contributed by atoms with Gasteiger partial charge in [0.25, 0.3) is 5.56 Å². The van der Waals surface area contributed by atoms with Crippen LogP contribution in [0.15, 0.2) is 82.7 Å². The lowest BCUT2D eigenvalue weighted by Gasteiger charge is -2.12. The molecule has 0 radical (unpaired) electrons. The maximum absolute atomic E-state index is 13.3. The van der Waals surface area contributed by atoms with Gasteiger partial charge in [0, 0.05) is 5.75 Å². The van der Waals surface area contributed by atoms with Crippen LogP contribution in [0.1, 0.15) is 11.1 Å². The van der Waals surface area contributed by atoms with Crippen molar-refractivity contribution < 1.29 is 4.74 Å². The van der Waals surface area contributed by atoms with Gasteiger partial charge in [0.1, 0.15) is 5.75 Å². The molecule has 0 spiro atoms. The Bertz CT molecular complexity index is 1490. The van der Waals surface area contributed by atoms with Crippen molar-refractivity contribution >= 4 is 40.0 Å². The van der Waals surface area contributed by atoms with Crippen LogP contribution in [0.5, 0.6) is 5.75 Å². The number of para-hydroxylation sites is 2. The molecule has 0 bridgehead atoms. The fourth-order valence-electron chi connectivity index (χ4n) is 3.69. The second kappa shape index (κ2) is 9.29. The molecule has 0 aliphatic rings. The van der Waals surface area contributed by atoms with Crippen LogP contribution in [0.25, 0.3) is 16.7 Å². The van der Waals surface area contributed by atoms with Crippen LogP contribution in [0.3, 0.4) is 0 Å². The average Bonchev–Trinajstić information content (AvgIpc) is 3.26. The molecule has 0 saturated carbocycles. The molecule has 0 atom stereocenters. The third-order valence-electron chi connectivity index (χ3n) is 5.35. The van der Waals surface area contributed by atoms with Gasteiger partial charge in [-0.2, -0.15) is 0 Å². The highest BCUT2D eigenvalue weighted by Gasteiger charge is 2.17. The molecule has 0 unspecified atom stereocenters. The predicted molar refractivity (Wildman–Crippen MR) is 133 cm³/mol. The van der Waals surface area contributed by atoms with Gasteiger partial charge >= 0.3 is 0 Å². The largest absolute Gasteiger partial charge is 0.491 e. The second-order valence-electron chi connectivity index (χ2n) is 7.64. The summed E-state index contributed by atoms with van der Waals surface area (Å²) in [6, 6.07) is 23.1. The summed E-state index contributed by atoms with van der Waals surface area (Å²) < 4.78 is 9.43. The second-order valence-corrected chi connectivity index (χ2v) is 9.11. The number of rotatable bonds is 7. The number of aryl methyl sites for hydroxylation is 1. The Kier molecular flexibility index (Phi) is 6.07. The number of nitrogens with zero attached hydrogens (tertiary/aromatic N) is 4. The smallest absolute Gasteiger partial charge is 0.263 e. The van der Waals surface area contributed by atoms with Gasteiger partial charge in [0.15, 0.2) is 5.16 Å². The van der Waals surface area contributed by atoms with E-state index in [1.54, 1.807) is 10.6 Å². The first-order valence-electron chi connectivity index (χ1n) is 10.5. The van der Waals surface area contributed by atoms with Crippen molar-refractivity contribution in [3.63, 3.8) is 0 Å². The molecule has 5 rings (SSSR count). The van der Waals surface area contributed by atoms with Crippen LogP contribution < -0.4 is 10.3 Å². The van der Waals surface area contributed by atoms with Gasteiger partial charge in [-0.05, 0) is 36.8 Å². The number of thioether (sulfide) groups is 1. The van der Waals surface area contributed by atoms with E-state index >= 15 is 0 Å². The summed E-state index contributed by atoms with van der Waals surface area (Å²) in [5.41, 5.74) is 2.92. The molecule has 0 saturated heterocycles. The summed E-state index contributed by atoms with van der Waals surface area (Å²) in [6.45, 7) is 2.93. The zero-order valence-electron chi connectivity index (χ0n) is 17.9. The summed E-state index contributed by atoms with van der Waals surface area (Å²) >= 11 is 7.69. The molecular weight excluding hydrogens is 456 g/mol. The molecule has 6 nitrogen and oxygen atoms in total. The van der Waals surface area contributed by atoms with E-state index in [0.29, 0.717) is 46.0 Å². The summed E-state index contributed by atoms with van der Waals surface area (Å²) in [5.74, 6) is 1.83. The lowest BCUT2D eigenvalue weighted by molar-refractivity contribution is 0.344. The monoisotopic (exact) mass is 476 g/mol. The van der Waals surface area contributed by atoms with Crippen LogP contribution in [0, 0.1) is 6.92 Å². The molecule has 33 heavy (non-hydrogen) atoms. The summed E-state index contributed by atoms with van der Waals surface area (Å²) in [6.07, 6.45) is 0. The SMILES string of the molecule is Cc1ccc(Cn2c(=O)c3ccccc3n3c(SCCOc4ccccc4Cl)nnc23)cc1. The summed E-state index contributed by atoms with van der Waals surface area (Å²) in [4.78, 5) is 13.3. The number of fused-ring (bicyclic) bond motifs is 3. The van der Waals surface area contributed by atoms with Gasteiger partial charge in [0.2, 0.25) is 5.78 Å². The fourth-order valence-corrected chi connectivity index (χ4v) is 4.64. The van der Waals surface area contributed by atoms with E-state index in [1.807, 2.05) is 78.1 Å². The van der Waals surface area contributed by atoms with Crippen molar-refractivity contribution in [3.05, 3.63) is 99.3 Å². The molecule has 166 valence electrons. The minimum Gasteiger partial charge on any atom is -0.491 e. The van der Waals surface area contributed by atoms with Gasteiger partial charge < -0.3 is 4.74 Å². The number of hydrogen-bond acceptors (Lipinski definition) is 5. The fraction of sp³-hybridized carbons (Fsp3) is 0.160. The van der Waals surface area contributed by atoms with Crippen molar-refractivity contribution in [1.29, 1.82) is 0 Å². The predicted octanol–water partition coefficient (Wildman–Crippen LogP) is 5.23. The number of halogens is 1. The Morgan fingerprint density at radius 1 is 0.970 bits per heavy atom. The molecule has 2 heterocycles. The van der Waals surface area contributed by atoms with Crippen LogP contribution in [-0.2, 0) is 6.54 Å². The summed E-state index contributed by atoms with van der Waals surface area (Å²) in [7, 11) is 0. The van der Waals surface area contributed by atoms with Gasteiger partial charge in [-0.3, -0.25) is 13.8 Å². The van der Waals surface area contributed by atoms with Crippen molar-refractivity contribution in [2.45, 2.75) is 18.6 Å². The first-order chi connectivity index (χ1) is 16.1. The lowest BCUT2D eigenvalue weighted by Crippen LogP contribution is -2.24. The molecule has 0 aliphatic carbocycles. The van der Waals surface area contributed by atoms with Crippen LogP contribution in [0.2, 0.25) is 5.02 Å². The lowest BCUT2D eigenvalue weighted by atomic mass is 10.1. The van der Waals surface area contributed by atoms with Crippen molar-refractivity contribution in [3.8, 4) is 5.75 Å². The molecule has 8 heteroatoms. The highest BCUT2D eigenvalue weighted by atomic mass is 35.5. The van der Waals surface area contributed by atoms with E-state index in [-0.39, 0.29) is 5.56 Å². The molecular formula is C25H21ClN4O2S. The maximum Gasteiger partial charge on any atom is 0.263 e. The molecule has 5 aromatic rings. The molecule has 3 aromatic carbocycles. The van der Waals surface area contributed by atoms with E-state index in [9.17, 15) is 4.79 Å². The number of benzene rings is 3. The molecule has 0 amide bonds. The van der Waals surface area contributed by atoms with Gasteiger partial charge in [0.05, 0.1) is 29.1 Å². The van der Waals surface area contributed by atoms with Crippen molar-refractivity contribution in [1.82, 2.24) is 19.2 Å². The first kappa shape index (κ1) is 21.6. The van der Waals surface area contributed by atoms with Gasteiger partial charge in [-0.1, -0.05) is 77.5 Å². The van der Waals surface area contributed by atoms with Gasteiger partial charge in [-0.25, -0.2) is 0 Å². The van der Waals surface area contributed by atoms with E-state index in [1.165, 1.54) is 17.3 Å². The topological polar surface area (TPSA) is 61.4 Å². The zero-order valence-corrected chi connectivity index (χ0v) is 19.5. The Morgan fingerprint density at radius 2 is 1.73 bits per heavy atom. The molecule has 2 aromatic heterocycles. The minimum absolute atomic E-state index is 0.0790. The number of aromatic nitrogens is 4. The quantitative estimate of drug-likeness (QED) is 0.238. The highest BCUT2D eigenvalue weighted by molar-refractivity contribution is 7.99. The van der Waals surface area contributed by atoms with E-state index in [4.69, 9.17) is 16.3 Å². The highest BCUT2D eigenvalue weighted by Crippen LogP contribution is 2.25. The molecule has 0 N–H and O–H groups in total. The van der Waals surface area contributed by atoms with E-state index < -0.39 is 0 Å². The standard InChI is InChI=1S/C25H21ClN4O2S/c1-17-10-12-18(13-11-17)16-29-23(31)19-6-2-4-8-21(19)30-24(29)27-28-25(30)33-15-14-32-22-9-5-3-7-20(22)26/h2-13H,14-16H2,1H3. The van der Waals surface area contributed by atoms with E-state index in [2.05, 4.69) is 10.2 Å². The number of ether oxygens (including phenoxy) is 1. The zero-order chi connectivity index (χ0) is 22.8. The Hall–Kier alpha value is -3.29. The molecule has 0 fully saturated rings. The Labute approximate surface area is 199 Å². The summed E-state index contributed by atoms with van der Waals surface area (Å²) in [5, 5.41) is 10.7. The van der Waals surface area contributed by atoms with Crippen LogP contribution in [-0.4, -0.2) is 31.5 Å². The average molecular weight is 477 g/mol. The van der Waals surface area contributed by atoms with Crippen LogP contribution in [0.4, 0.5) is 0 Å². The maximum atomic E-state index is 13.3. The Balaban J connectivity index is 1.48. The molecule has 0 aliphatic heterocycles. The van der Waals surface area contributed by atoms with Crippen LogP contribution >= 0.6 is 23.4 Å².